The van der Waals surface area contributed by atoms with Crippen molar-refractivity contribution in [2.45, 2.75) is 40.2 Å². The fourth-order valence-corrected chi connectivity index (χ4v) is 2.24. The Hall–Kier alpha value is -0.980. The van der Waals surface area contributed by atoms with E-state index in [1.54, 1.807) is 0 Å². The van der Waals surface area contributed by atoms with Gasteiger partial charge in [-0.1, -0.05) is 19.9 Å². The minimum atomic E-state index is 0.569. The molecule has 0 fully saturated rings. The van der Waals surface area contributed by atoms with Crippen LogP contribution in [0.4, 0.5) is 0 Å². The number of hydrogen-bond acceptors (Lipinski definition) is 0. The summed E-state index contributed by atoms with van der Waals surface area (Å²) in [7, 11) is 0. The first-order valence-corrected chi connectivity index (χ1v) is 5.51. The normalized spacial score (nSPS) is 15.1. The van der Waals surface area contributed by atoms with Gasteiger partial charge in [-0.3, -0.25) is 0 Å². The lowest BCUT2D eigenvalue weighted by atomic mass is 10.0. The summed E-state index contributed by atoms with van der Waals surface area (Å²) >= 11 is 0. The minimum Gasteiger partial charge on any atom is -0.345 e. The molecule has 1 aliphatic rings. The summed E-state index contributed by atoms with van der Waals surface area (Å²) in [5.41, 5.74) is 4.51. The molecular weight excluding hydrogens is 170 g/mol. The summed E-state index contributed by atoms with van der Waals surface area (Å²) in [5.74, 6) is 0.642. The Balaban J connectivity index is 2.47. The molecule has 1 heterocycles. The zero-order valence-corrected chi connectivity index (χ0v) is 9.54. The Morgan fingerprint density at radius 1 is 1.21 bits per heavy atom. The van der Waals surface area contributed by atoms with Crippen LogP contribution in [-0.4, -0.2) is 4.57 Å². The lowest BCUT2D eigenvalue weighted by Gasteiger charge is -2.16. The van der Waals surface area contributed by atoms with Gasteiger partial charge in [-0.2, -0.15) is 0 Å². The van der Waals surface area contributed by atoms with Crippen molar-refractivity contribution in [3.05, 3.63) is 29.6 Å². The average Bonchev–Trinajstić information content (AvgIpc) is 2.59. The second-order valence-electron chi connectivity index (χ2n) is 4.71. The van der Waals surface area contributed by atoms with Crippen molar-refractivity contribution < 1.29 is 0 Å². The summed E-state index contributed by atoms with van der Waals surface area (Å²) in [6.07, 6.45) is 5.74. The van der Waals surface area contributed by atoms with Crippen LogP contribution >= 0.6 is 0 Å². The van der Waals surface area contributed by atoms with Crippen molar-refractivity contribution in [1.29, 1.82) is 0 Å². The molecule has 0 radical (unpaired) electrons. The molecule has 0 atom stereocenters. The molecule has 0 saturated carbocycles. The van der Waals surface area contributed by atoms with Crippen LogP contribution in [-0.2, 0) is 6.42 Å². The maximum atomic E-state index is 2.40. The molecular formula is C13H19N. The molecule has 0 unspecified atom stereocenters. The van der Waals surface area contributed by atoms with Crippen LogP contribution < -0.4 is 0 Å². The number of nitrogens with zero attached hydrogens (tertiary/aromatic N) is 1. The van der Waals surface area contributed by atoms with E-state index in [0.29, 0.717) is 12.0 Å². The van der Waals surface area contributed by atoms with Crippen LogP contribution in [0.3, 0.4) is 0 Å². The summed E-state index contributed by atoms with van der Waals surface area (Å²) in [4.78, 5) is 0. The molecule has 0 bridgehead atoms. The van der Waals surface area contributed by atoms with Crippen LogP contribution in [0, 0.1) is 5.92 Å². The molecule has 0 saturated heterocycles. The maximum Gasteiger partial charge on any atom is 0.0476 e. The number of aromatic nitrogens is 1. The van der Waals surface area contributed by atoms with Crippen LogP contribution in [0.1, 0.15) is 45.0 Å². The predicted octanol–water partition coefficient (Wildman–Crippen LogP) is 3.66. The van der Waals surface area contributed by atoms with Gasteiger partial charge in [0.1, 0.15) is 0 Å². The van der Waals surface area contributed by atoms with E-state index in [9.17, 15) is 0 Å². The predicted molar refractivity (Wildman–Crippen MR) is 61.3 cm³/mol. The van der Waals surface area contributed by atoms with Crippen molar-refractivity contribution in [3.63, 3.8) is 0 Å². The molecule has 14 heavy (non-hydrogen) atoms. The molecule has 0 aromatic carbocycles. The van der Waals surface area contributed by atoms with E-state index in [1.165, 1.54) is 16.8 Å². The third kappa shape index (κ3) is 1.31. The monoisotopic (exact) mass is 189 g/mol. The summed E-state index contributed by atoms with van der Waals surface area (Å²) in [6.45, 7) is 9.05. The highest BCUT2D eigenvalue weighted by molar-refractivity contribution is 5.72. The second-order valence-corrected chi connectivity index (χ2v) is 4.71. The van der Waals surface area contributed by atoms with Gasteiger partial charge in [0, 0.05) is 17.9 Å². The van der Waals surface area contributed by atoms with Gasteiger partial charge in [-0.25, -0.2) is 0 Å². The lowest BCUT2D eigenvalue weighted by Crippen LogP contribution is -2.05. The van der Waals surface area contributed by atoms with Crippen LogP contribution in [0.25, 0.3) is 5.57 Å². The highest BCUT2D eigenvalue weighted by Crippen LogP contribution is 2.34. The molecule has 1 aromatic rings. The quantitative estimate of drug-likeness (QED) is 0.669. The van der Waals surface area contributed by atoms with Gasteiger partial charge in [0.15, 0.2) is 0 Å². The van der Waals surface area contributed by atoms with Crippen molar-refractivity contribution in [2.75, 3.05) is 0 Å². The molecule has 0 aliphatic heterocycles. The van der Waals surface area contributed by atoms with Gasteiger partial charge in [0.25, 0.3) is 0 Å². The summed E-state index contributed by atoms with van der Waals surface area (Å²) in [6, 6.07) is 2.83. The molecule has 1 aliphatic carbocycles. The largest absolute Gasteiger partial charge is 0.345 e. The molecule has 2 rings (SSSR count). The first-order chi connectivity index (χ1) is 6.61. The summed E-state index contributed by atoms with van der Waals surface area (Å²) in [5, 5.41) is 0. The van der Waals surface area contributed by atoms with Gasteiger partial charge in [-0.05, 0) is 43.4 Å². The van der Waals surface area contributed by atoms with Gasteiger partial charge < -0.3 is 4.57 Å². The van der Waals surface area contributed by atoms with Gasteiger partial charge in [0.05, 0.1) is 0 Å². The SMILES string of the molecule is CC(C)C1=CCc2ccn(C(C)C)c21. The number of rotatable bonds is 2. The Morgan fingerprint density at radius 2 is 1.93 bits per heavy atom. The van der Waals surface area contributed by atoms with E-state index in [-0.39, 0.29) is 0 Å². The molecule has 0 amide bonds. The van der Waals surface area contributed by atoms with Crippen molar-refractivity contribution in [2.24, 2.45) is 5.92 Å². The number of allylic oxidation sites excluding steroid dienone is 2. The highest BCUT2D eigenvalue weighted by atomic mass is 15.0. The van der Waals surface area contributed by atoms with E-state index in [2.05, 4.69) is 50.6 Å². The van der Waals surface area contributed by atoms with Crippen molar-refractivity contribution >= 4 is 5.57 Å². The smallest absolute Gasteiger partial charge is 0.0476 e. The van der Waals surface area contributed by atoms with Crippen molar-refractivity contribution in [3.8, 4) is 0 Å². The lowest BCUT2D eigenvalue weighted by molar-refractivity contribution is 0.593. The minimum absolute atomic E-state index is 0.569. The topological polar surface area (TPSA) is 4.93 Å². The Labute approximate surface area is 86.4 Å². The highest BCUT2D eigenvalue weighted by Gasteiger charge is 2.21. The Kier molecular flexibility index (Phi) is 2.26. The fraction of sp³-hybridized carbons (Fsp3) is 0.538. The first kappa shape index (κ1) is 9.57. The average molecular weight is 189 g/mol. The maximum absolute atomic E-state index is 2.40. The van der Waals surface area contributed by atoms with Gasteiger partial charge >= 0.3 is 0 Å². The van der Waals surface area contributed by atoms with Crippen LogP contribution in [0.5, 0.6) is 0 Å². The molecule has 76 valence electrons. The number of fused-ring (bicyclic) bond motifs is 1. The van der Waals surface area contributed by atoms with E-state index < -0.39 is 0 Å². The second kappa shape index (κ2) is 3.30. The fourth-order valence-electron chi connectivity index (χ4n) is 2.24. The third-order valence-corrected chi connectivity index (χ3v) is 2.99. The van der Waals surface area contributed by atoms with Gasteiger partial charge in [-0.15, -0.1) is 0 Å². The standard InChI is InChI=1S/C13H19N/c1-9(2)12-6-5-11-7-8-14(10(3)4)13(11)12/h6-10H,5H2,1-4H3. The molecule has 0 N–H and O–H groups in total. The molecule has 1 aromatic heterocycles. The Morgan fingerprint density at radius 3 is 2.50 bits per heavy atom. The zero-order valence-electron chi connectivity index (χ0n) is 9.54. The zero-order chi connectivity index (χ0) is 10.3. The van der Waals surface area contributed by atoms with Crippen LogP contribution in [0.15, 0.2) is 18.3 Å². The molecule has 1 heteroatoms. The Bertz CT molecular complexity index is 367. The molecule has 0 spiro atoms. The van der Waals surface area contributed by atoms with Gasteiger partial charge in [0.2, 0.25) is 0 Å². The third-order valence-electron chi connectivity index (χ3n) is 2.99. The summed E-state index contributed by atoms with van der Waals surface area (Å²) < 4.78 is 2.40. The number of hydrogen-bond donors (Lipinski definition) is 0. The van der Waals surface area contributed by atoms with E-state index in [4.69, 9.17) is 0 Å². The molecule has 1 nitrogen and oxygen atoms in total. The first-order valence-electron chi connectivity index (χ1n) is 5.51. The van der Waals surface area contributed by atoms with E-state index in [0.717, 1.165) is 6.42 Å². The van der Waals surface area contributed by atoms with Crippen LogP contribution in [0.2, 0.25) is 0 Å². The van der Waals surface area contributed by atoms with Crippen molar-refractivity contribution in [1.82, 2.24) is 4.57 Å². The van der Waals surface area contributed by atoms with E-state index in [1.807, 2.05) is 0 Å². The van der Waals surface area contributed by atoms with E-state index >= 15 is 0 Å².